The number of ether oxygens (including phenoxy) is 1. The van der Waals surface area contributed by atoms with Gasteiger partial charge >= 0.3 is 5.97 Å². The number of carbonyl (C=O) groups excluding carboxylic acids is 2. The molecular weight excluding hydrogens is 248 g/mol. The molecule has 19 heavy (non-hydrogen) atoms. The lowest BCUT2D eigenvalue weighted by Gasteiger charge is -2.23. The van der Waals surface area contributed by atoms with E-state index in [1.54, 1.807) is 28.9 Å². The van der Waals surface area contributed by atoms with Gasteiger partial charge in [-0.05, 0) is 19.8 Å². The number of nitrogens with zero attached hydrogens (tertiary/aromatic N) is 4. The molecule has 1 unspecified atom stereocenters. The monoisotopic (exact) mass is 266 g/mol. The highest BCUT2D eigenvalue weighted by Gasteiger charge is 2.34. The fourth-order valence-electron chi connectivity index (χ4n) is 2.25. The summed E-state index contributed by atoms with van der Waals surface area (Å²) in [6, 6.07) is -0.414. The molecule has 104 valence electrons. The van der Waals surface area contributed by atoms with Crippen molar-refractivity contribution in [2.75, 3.05) is 13.2 Å². The molecule has 1 aromatic rings. The maximum absolute atomic E-state index is 12.1. The van der Waals surface area contributed by atoms with E-state index in [9.17, 15) is 9.59 Å². The minimum Gasteiger partial charge on any atom is -0.464 e. The summed E-state index contributed by atoms with van der Waals surface area (Å²) < 4.78 is 6.60. The largest absolute Gasteiger partial charge is 0.464 e. The van der Waals surface area contributed by atoms with Crippen molar-refractivity contribution in [3.05, 3.63) is 12.4 Å². The Balaban J connectivity index is 1.88. The van der Waals surface area contributed by atoms with Crippen LogP contribution in [-0.4, -0.2) is 51.0 Å². The highest BCUT2D eigenvalue weighted by Crippen LogP contribution is 2.19. The number of rotatable bonds is 5. The van der Waals surface area contributed by atoms with Gasteiger partial charge in [0.15, 0.2) is 0 Å². The molecular formula is C12H18N4O3. The zero-order valence-electron chi connectivity index (χ0n) is 11.0. The molecule has 2 rings (SSSR count). The van der Waals surface area contributed by atoms with E-state index in [0.29, 0.717) is 32.5 Å². The van der Waals surface area contributed by atoms with Crippen LogP contribution in [0.4, 0.5) is 0 Å². The Kier molecular flexibility index (Phi) is 4.48. The molecule has 1 saturated heterocycles. The summed E-state index contributed by atoms with van der Waals surface area (Å²) in [5, 5.41) is 7.48. The number of hydrogen-bond donors (Lipinski definition) is 0. The van der Waals surface area contributed by atoms with Crippen LogP contribution in [0.3, 0.4) is 0 Å². The maximum Gasteiger partial charge on any atom is 0.328 e. The lowest BCUT2D eigenvalue weighted by atomic mass is 10.2. The fourth-order valence-corrected chi connectivity index (χ4v) is 2.25. The zero-order valence-corrected chi connectivity index (χ0v) is 11.0. The molecule has 0 spiro atoms. The molecule has 1 fully saturated rings. The first-order valence-electron chi connectivity index (χ1n) is 6.52. The van der Waals surface area contributed by atoms with Crippen molar-refractivity contribution in [3.63, 3.8) is 0 Å². The van der Waals surface area contributed by atoms with Crippen LogP contribution in [0.2, 0.25) is 0 Å². The predicted molar refractivity (Wildman–Crippen MR) is 66.0 cm³/mol. The van der Waals surface area contributed by atoms with Crippen molar-refractivity contribution in [2.45, 2.75) is 38.8 Å². The molecule has 1 aliphatic rings. The molecule has 0 radical (unpaired) electrons. The average Bonchev–Trinajstić information content (AvgIpc) is 3.07. The predicted octanol–water partition coefficient (Wildman–Crippen LogP) is 0.222. The minimum absolute atomic E-state index is 0.0361. The van der Waals surface area contributed by atoms with Gasteiger partial charge in [-0.25, -0.2) is 4.79 Å². The van der Waals surface area contributed by atoms with Gasteiger partial charge in [0, 0.05) is 19.2 Å². The third-order valence-electron chi connectivity index (χ3n) is 3.16. The summed E-state index contributed by atoms with van der Waals surface area (Å²) in [7, 11) is 0. The fraction of sp³-hybridized carbons (Fsp3) is 0.667. The van der Waals surface area contributed by atoms with E-state index in [4.69, 9.17) is 4.74 Å². The standard InChI is InChI=1S/C12H18N4O3/c1-2-19-12(18)10-4-3-7-16(10)11(17)5-8-15-9-6-13-14-15/h6,9-10H,2-5,7-8H2,1H3. The average molecular weight is 266 g/mol. The van der Waals surface area contributed by atoms with Gasteiger partial charge in [0.1, 0.15) is 6.04 Å². The lowest BCUT2D eigenvalue weighted by molar-refractivity contribution is -0.153. The second-order valence-corrected chi connectivity index (χ2v) is 4.41. The summed E-state index contributed by atoms with van der Waals surface area (Å²) >= 11 is 0. The van der Waals surface area contributed by atoms with E-state index < -0.39 is 6.04 Å². The molecule has 0 N–H and O–H groups in total. The van der Waals surface area contributed by atoms with Gasteiger partial charge in [-0.3, -0.25) is 9.48 Å². The van der Waals surface area contributed by atoms with Gasteiger partial charge in [-0.15, -0.1) is 5.10 Å². The number of esters is 1. The van der Waals surface area contributed by atoms with Gasteiger partial charge in [0.25, 0.3) is 0 Å². The molecule has 0 bridgehead atoms. The van der Waals surface area contributed by atoms with Gasteiger partial charge in [-0.2, -0.15) is 0 Å². The van der Waals surface area contributed by atoms with Crippen LogP contribution >= 0.6 is 0 Å². The molecule has 1 amide bonds. The minimum atomic E-state index is -0.414. The second-order valence-electron chi connectivity index (χ2n) is 4.41. The summed E-state index contributed by atoms with van der Waals surface area (Å²) in [5.74, 6) is -0.333. The Morgan fingerprint density at radius 2 is 2.32 bits per heavy atom. The van der Waals surface area contributed by atoms with E-state index in [-0.39, 0.29) is 11.9 Å². The van der Waals surface area contributed by atoms with Crippen LogP contribution in [0.1, 0.15) is 26.2 Å². The molecule has 1 aliphatic heterocycles. The highest BCUT2D eigenvalue weighted by atomic mass is 16.5. The number of carbonyl (C=O) groups is 2. The molecule has 0 saturated carbocycles. The van der Waals surface area contributed by atoms with E-state index >= 15 is 0 Å². The molecule has 1 atom stereocenters. The number of amides is 1. The van der Waals surface area contributed by atoms with Crippen LogP contribution in [0.5, 0.6) is 0 Å². The van der Waals surface area contributed by atoms with Crippen molar-refractivity contribution >= 4 is 11.9 Å². The first-order valence-corrected chi connectivity index (χ1v) is 6.52. The van der Waals surface area contributed by atoms with E-state index in [0.717, 1.165) is 6.42 Å². The highest BCUT2D eigenvalue weighted by molar-refractivity contribution is 5.85. The van der Waals surface area contributed by atoms with Crippen LogP contribution < -0.4 is 0 Å². The Labute approximate surface area is 111 Å². The SMILES string of the molecule is CCOC(=O)C1CCCN1C(=O)CCn1ccnn1. The lowest BCUT2D eigenvalue weighted by Crippen LogP contribution is -2.41. The van der Waals surface area contributed by atoms with Crippen LogP contribution in [0, 0.1) is 0 Å². The molecule has 7 heteroatoms. The third kappa shape index (κ3) is 3.30. The molecule has 2 heterocycles. The Hall–Kier alpha value is -1.92. The molecule has 1 aromatic heterocycles. The van der Waals surface area contributed by atoms with Crippen LogP contribution in [0.15, 0.2) is 12.4 Å². The summed E-state index contributed by atoms with van der Waals surface area (Å²) in [4.78, 5) is 25.5. The zero-order chi connectivity index (χ0) is 13.7. The summed E-state index contributed by atoms with van der Waals surface area (Å²) in [6.45, 7) is 3.21. The Morgan fingerprint density at radius 3 is 3.00 bits per heavy atom. The first kappa shape index (κ1) is 13.5. The van der Waals surface area contributed by atoms with Crippen molar-refractivity contribution in [2.24, 2.45) is 0 Å². The number of hydrogen-bond acceptors (Lipinski definition) is 5. The number of aryl methyl sites for hydroxylation is 1. The van der Waals surface area contributed by atoms with Gasteiger partial charge in [0.05, 0.1) is 19.3 Å². The number of aromatic nitrogens is 3. The van der Waals surface area contributed by atoms with E-state index in [1.807, 2.05) is 0 Å². The Bertz CT molecular complexity index is 432. The van der Waals surface area contributed by atoms with Crippen LogP contribution in [0.25, 0.3) is 0 Å². The van der Waals surface area contributed by atoms with Crippen molar-refractivity contribution in [1.82, 2.24) is 19.9 Å². The Morgan fingerprint density at radius 1 is 1.47 bits per heavy atom. The topological polar surface area (TPSA) is 77.3 Å². The number of likely N-dealkylation sites (tertiary alicyclic amines) is 1. The maximum atomic E-state index is 12.1. The van der Waals surface area contributed by atoms with Crippen molar-refractivity contribution in [3.8, 4) is 0 Å². The van der Waals surface area contributed by atoms with Gasteiger partial charge in [-0.1, -0.05) is 5.21 Å². The summed E-state index contributed by atoms with van der Waals surface area (Å²) in [6.07, 6.45) is 5.13. The normalized spacial score (nSPS) is 18.6. The van der Waals surface area contributed by atoms with Crippen molar-refractivity contribution in [1.29, 1.82) is 0 Å². The van der Waals surface area contributed by atoms with Gasteiger partial charge < -0.3 is 9.64 Å². The second kappa shape index (κ2) is 6.31. The van der Waals surface area contributed by atoms with Crippen molar-refractivity contribution < 1.29 is 14.3 Å². The van der Waals surface area contributed by atoms with E-state index in [2.05, 4.69) is 10.3 Å². The first-order chi connectivity index (χ1) is 9.22. The van der Waals surface area contributed by atoms with Crippen LogP contribution in [-0.2, 0) is 20.9 Å². The summed E-state index contributed by atoms with van der Waals surface area (Å²) in [5.41, 5.74) is 0. The quantitative estimate of drug-likeness (QED) is 0.713. The molecule has 0 aromatic carbocycles. The molecule has 0 aliphatic carbocycles. The molecule has 7 nitrogen and oxygen atoms in total. The van der Waals surface area contributed by atoms with Gasteiger partial charge in [0.2, 0.25) is 5.91 Å². The van der Waals surface area contributed by atoms with E-state index in [1.165, 1.54) is 0 Å². The smallest absolute Gasteiger partial charge is 0.328 e. The third-order valence-corrected chi connectivity index (χ3v) is 3.16.